The fourth-order valence-corrected chi connectivity index (χ4v) is 8.67. The average molecular weight is 931 g/mol. The molecular weight excluding hydrogens is 851 g/mol. The summed E-state index contributed by atoms with van der Waals surface area (Å²) in [7, 11) is -5.45. The first kappa shape index (κ1) is 57.5. The number of phosphoric ester groups is 1. The van der Waals surface area contributed by atoms with Crippen LogP contribution in [0.3, 0.4) is 0 Å². The molecule has 2 fully saturated rings. The highest BCUT2D eigenvalue weighted by molar-refractivity contribution is 7.47. The van der Waals surface area contributed by atoms with Crippen LogP contribution in [-0.2, 0) is 37.5 Å². The third kappa shape index (κ3) is 23.2. The number of ketones is 1. The van der Waals surface area contributed by atoms with E-state index >= 15 is 0 Å². The number of esters is 2. The lowest BCUT2D eigenvalue weighted by Crippen LogP contribution is -2.55. The number of rotatable bonds is 21. The summed E-state index contributed by atoms with van der Waals surface area (Å²) in [5.41, 5.74) is 0. The number of hydrogen-bond donors (Lipinski definition) is 8. The lowest BCUT2D eigenvalue weighted by molar-refractivity contribution is -0.167. The Labute approximate surface area is 380 Å². The molecule has 0 aromatic rings. The van der Waals surface area contributed by atoms with Gasteiger partial charge in [0.25, 0.3) is 0 Å². The van der Waals surface area contributed by atoms with Gasteiger partial charge < -0.3 is 50.1 Å². The molecule has 0 spiro atoms. The van der Waals surface area contributed by atoms with Gasteiger partial charge in [-0.3, -0.25) is 23.4 Å². The Morgan fingerprint density at radius 2 is 1.45 bits per heavy atom. The summed E-state index contributed by atoms with van der Waals surface area (Å²) in [4.78, 5) is 50.1. The van der Waals surface area contributed by atoms with Crippen molar-refractivity contribution in [1.29, 1.82) is 0 Å². The minimum atomic E-state index is -5.45. The summed E-state index contributed by atoms with van der Waals surface area (Å²) >= 11 is 0. The van der Waals surface area contributed by atoms with E-state index in [2.05, 4.69) is 43.4 Å². The first-order valence-electron chi connectivity index (χ1n) is 23.5. The maximum Gasteiger partial charge on any atom is 0.472 e. The Kier molecular flexibility index (Phi) is 29.6. The number of hydrogen-bond acceptors (Lipinski definition) is 15. The van der Waals surface area contributed by atoms with E-state index in [-0.39, 0.29) is 19.3 Å². The van der Waals surface area contributed by atoms with Crippen LogP contribution in [0.4, 0.5) is 0 Å². The molecule has 1 aliphatic heterocycles. The maximum absolute atomic E-state index is 13.7. The molecule has 1 saturated heterocycles. The van der Waals surface area contributed by atoms with Crippen LogP contribution in [0.1, 0.15) is 149 Å². The van der Waals surface area contributed by atoms with Gasteiger partial charge in [0.1, 0.15) is 36.8 Å². The van der Waals surface area contributed by atoms with Gasteiger partial charge >= 0.3 is 19.8 Å². The molecule has 64 heavy (non-hydrogen) atoms. The molecule has 368 valence electrons. The number of aliphatic hydroxyl groups excluding tert-OH is 7. The van der Waals surface area contributed by atoms with E-state index < -0.39 is 112 Å². The molecular formula is C47H79O16P. The molecule has 2 bridgehead atoms. The van der Waals surface area contributed by atoms with Crippen LogP contribution >= 0.6 is 7.82 Å². The summed E-state index contributed by atoms with van der Waals surface area (Å²) < 4.78 is 34.6. The fraction of sp³-hybridized carbons (Fsp3) is 0.766. The van der Waals surface area contributed by atoms with Gasteiger partial charge in [0.05, 0.1) is 36.9 Å². The highest BCUT2D eigenvalue weighted by atomic mass is 31.2. The molecule has 0 amide bonds. The normalized spacial score (nSPS) is 31.7. The molecule has 1 aliphatic carbocycles. The molecule has 0 radical (unpaired) electrons. The smallest absolute Gasteiger partial charge is 0.462 e. The zero-order chi connectivity index (χ0) is 47.3. The predicted octanol–water partition coefficient (Wildman–Crippen LogP) is 5.76. The summed E-state index contributed by atoms with van der Waals surface area (Å²) in [5.74, 6) is -4.99. The lowest BCUT2D eigenvalue weighted by Gasteiger charge is -2.37. The number of aliphatic hydroxyl groups is 7. The van der Waals surface area contributed by atoms with Crippen molar-refractivity contribution in [2.45, 2.75) is 204 Å². The Hall–Kier alpha value is -2.60. The number of ether oxygens (including phenoxy) is 2. The molecule has 12 atom stereocenters. The van der Waals surface area contributed by atoms with Crippen LogP contribution in [0.2, 0.25) is 0 Å². The van der Waals surface area contributed by atoms with E-state index in [0.29, 0.717) is 44.9 Å². The van der Waals surface area contributed by atoms with Crippen LogP contribution in [0.25, 0.3) is 0 Å². The number of unbranched alkanes of at least 4 members (excludes halogenated alkanes) is 7. The van der Waals surface area contributed by atoms with Gasteiger partial charge in [-0.15, -0.1) is 0 Å². The number of fused-ring (bicyclic) bond motifs is 4. The van der Waals surface area contributed by atoms with E-state index in [1.54, 1.807) is 0 Å². The SMILES string of the molecule is CC/C=C\C/C=C\C/C=C\CCCCCCCC(=O)OC[C@@H]1COP(=O)(O)O[C@H]2[C@H](O)[C@@H](O)[C@H](O)[C@@H](CCCCCCC(=O)O1)[C@@H](O)CC(=O)[C@H](/C=C/[C@@H](O)CCCCC)[C@@H](O)[C@H]2O. The molecule has 17 heteroatoms. The largest absolute Gasteiger partial charge is 0.472 e. The molecule has 2 rings (SSSR count). The van der Waals surface area contributed by atoms with Gasteiger partial charge in [-0.2, -0.15) is 0 Å². The van der Waals surface area contributed by atoms with Gasteiger partial charge in [0.15, 0.2) is 6.10 Å². The Morgan fingerprint density at radius 3 is 2.17 bits per heavy atom. The number of phosphoric acid groups is 1. The van der Waals surface area contributed by atoms with Crippen molar-refractivity contribution in [1.82, 2.24) is 0 Å². The van der Waals surface area contributed by atoms with Gasteiger partial charge in [0, 0.05) is 25.2 Å². The second kappa shape index (κ2) is 33.0. The third-order valence-corrected chi connectivity index (χ3v) is 12.5. The van der Waals surface area contributed by atoms with E-state index in [9.17, 15) is 59.6 Å². The first-order valence-corrected chi connectivity index (χ1v) is 25.0. The molecule has 0 aromatic heterocycles. The molecule has 2 aliphatic rings. The van der Waals surface area contributed by atoms with Crippen LogP contribution in [0.5, 0.6) is 0 Å². The summed E-state index contributed by atoms with van der Waals surface area (Å²) in [5, 5.41) is 78.4. The summed E-state index contributed by atoms with van der Waals surface area (Å²) in [6.07, 6.45) is 9.66. The highest BCUT2D eigenvalue weighted by Gasteiger charge is 2.49. The molecule has 1 heterocycles. The van der Waals surface area contributed by atoms with Gasteiger partial charge in [-0.1, -0.05) is 120 Å². The van der Waals surface area contributed by atoms with Crippen molar-refractivity contribution in [2.75, 3.05) is 13.2 Å². The third-order valence-electron chi connectivity index (χ3n) is 11.6. The van der Waals surface area contributed by atoms with Crippen molar-refractivity contribution in [2.24, 2.45) is 11.8 Å². The Morgan fingerprint density at radius 1 is 0.797 bits per heavy atom. The number of carbonyl (C=O) groups excluding carboxylic acids is 3. The monoisotopic (exact) mass is 931 g/mol. The number of Topliss-reactive ketones (excluding diaryl/α,β-unsaturated/α-hetero) is 1. The predicted molar refractivity (Wildman–Crippen MR) is 240 cm³/mol. The molecule has 0 aromatic carbocycles. The zero-order valence-electron chi connectivity index (χ0n) is 38.0. The second-order valence-corrected chi connectivity index (χ2v) is 18.4. The second-order valence-electron chi connectivity index (χ2n) is 17.0. The maximum atomic E-state index is 13.7. The van der Waals surface area contributed by atoms with Crippen LogP contribution < -0.4 is 0 Å². The van der Waals surface area contributed by atoms with Crippen LogP contribution in [0.15, 0.2) is 48.6 Å². The first-order chi connectivity index (χ1) is 30.6. The highest BCUT2D eigenvalue weighted by Crippen LogP contribution is 2.47. The standard InChI is InChI=1S/C47H79O16P/c1-3-5-7-8-9-10-11-12-13-14-15-16-17-18-23-27-40(51)60-32-35-33-61-64(58,59)63-47-45(56)43(54)37(30-29-34(48)25-21-6-4-2)39(50)31-38(49)36(42(53)44(55)46(47)57)26-22-19-20-24-28-41(52)62-35/h5,7,9-10,12-13,29-30,34-38,42-49,53-57H,3-4,6,8,11,14-28,31-33H2,1-2H3,(H,58,59)/b7-5-,10-9-,13-12-,30-29+/t34-,35+,36-,37-,38-,42+,43+,44-,45+,46+,47+/m0/s1. The summed E-state index contributed by atoms with van der Waals surface area (Å²) in [6, 6.07) is 0. The van der Waals surface area contributed by atoms with E-state index in [4.69, 9.17) is 18.5 Å². The Bertz CT molecular complexity index is 1480. The number of carbonyl (C=O) groups is 3. The molecule has 8 N–H and O–H groups in total. The van der Waals surface area contributed by atoms with Gasteiger partial charge in [0.2, 0.25) is 0 Å². The van der Waals surface area contributed by atoms with Crippen molar-refractivity contribution in [3.05, 3.63) is 48.6 Å². The van der Waals surface area contributed by atoms with E-state index in [1.807, 2.05) is 6.92 Å². The zero-order valence-corrected chi connectivity index (χ0v) is 38.9. The van der Waals surface area contributed by atoms with Crippen LogP contribution in [0, 0.1) is 11.8 Å². The minimum Gasteiger partial charge on any atom is -0.462 e. The fourth-order valence-electron chi connectivity index (χ4n) is 7.70. The van der Waals surface area contributed by atoms with Gasteiger partial charge in [-0.05, 0) is 57.8 Å². The molecule has 16 nitrogen and oxygen atoms in total. The average Bonchev–Trinajstić information content (AvgIpc) is 3.26. The molecule has 1 saturated carbocycles. The topological polar surface area (TPSA) is 267 Å². The quantitative estimate of drug-likeness (QED) is 0.0295. The summed E-state index contributed by atoms with van der Waals surface area (Å²) in [6.45, 7) is 2.69. The van der Waals surface area contributed by atoms with Crippen molar-refractivity contribution in [3.63, 3.8) is 0 Å². The minimum absolute atomic E-state index is 0.0277. The van der Waals surface area contributed by atoms with Gasteiger partial charge in [-0.25, -0.2) is 4.57 Å². The van der Waals surface area contributed by atoms with Crippen molar-refractivity contribution < 1.29 is 78.1 Å². The van der Waals surface area contributed by atoms with E-state index in [0.717, 1.165) is 70.3 Å². The van der Waals surface area contributed by atoms with Crippen molar-refractivity contribution >= 4 is 25.5 Å². The lowest BCUT2D eigenvalue weighted by atomic mass is 9.82. The Balaban J connectivity index is 2.16. The van der Waals surface area contributed by atoms with E-state index in [1.165, 1.54) is 6.08 Å². The number of allylic oxidation sites excluding steroid dienone is 6. The van der Waals surface area contributed by atoms with Crippen LogP contribution in [-0.4, -0.2) is 127 Å². The number of cyclic esters (lactones) is 1. The molecule has 1 unspecified atom stereocenters. The van der Waals surface area contributed by atoms with Crippen molar-refractivity contribution in [3.8, 4) is 0 Å².